The molecule has 0 aliphatic rings. The predicted octanol–water partition coefficient (Wildman–Crippen LogP) is -2.93. The van der Waals surface area contributed by atoms with Gasteiger partial charge in [0.25, 0.3) is 0 Å². The molecule has 0 unspecified atom stereocenters. The van der Waals surface area contributed by atoms with Crippen LogP contribution in [0.25, 0.3) is 0 Å². The molecule has 8 N–H and O–H groups in total. The maximum absolute atomic E-state index is 8.37. The van der Waals surface area contributed by atoms with E-state index in [9.17, 15) is 0 Å². The molecule has 0 radical (unpaired) electrons. The van der Waals surface area contributed by atoms with E-state index in [2.05, 4.69) is 5.32 Å². The van der Waals surface area contributed by atoms with E-state index in [1.807, 2.05) is 0 Å². The van der Waals surface area contributed by atoms with Gasteiger partial charge in [-0.15, -0.1) is 0 Å². The van der Waals surface area contributed by atoms with Gasteiger partial charge < -0.3 is 32.1 Å². The molecule has 14 heavy (non-hydrogen) atoms. The second kappa shape index (κ2) is 15.2. The molecule has 0 aliphatic heterocycles. The summed E-state index contributed by atoms with van der Waals surface area (Å²) in [4.78, 5) is 0. The Balaban J connectivity index is 0. The smallest absolute Gasteiger partial charge is 0.0555 e. The van der Waals surface area contributed by atoms with Gasteiger partial charge >= 0.3 is 0 Å². The highest BCUT2D eigenvalue weighted by atomic mass is 16.3. The lowest BCUT2D eigenvalue weighted by atomic mass is 10.2. The van der Waals surface area contributed by atoms with Crippen LogP contribution in [0.1, 0.15) is 0 Å². The summed E-state index contributed by atoms with van der Waals surface area (Å²) in [6.07, 6.45) is 0. The third kappa shape index (κ3) is 14.3. The standard InChI is InChI=1S/C4H12N2O.C4H11NO2/c5-1-4(2-6)3-7;6-3-1-5-2-4-7/h4,7H,1-3,5-6H2;5-7H,1-4H2. The molecule has 0 aromatic rings. The predicted molar refractivity (Wildman–Crippen MR) is 55.7 cm³/mol. The van der Waals surface area contributed by atoms with Crippen LogP contribution in [0.3, 0.4) is 0 Å². The summed E-state index contributed by atoms with van der Waals surface area (Å²) in [6, 6.07) is 0. The molecule has 0 bridgehead atoms. The van der Waals surface area contributed by atoms with Crippen LogP contribution in [0.15, 0.2) is 0 Å². The SMILES string of the molecule is NCC(CN)CO.OCCNCCO. The first-order valence-corrected chi connectivity index (χ1v) is 4.70. The highest BCUT2D eigenvalue weighted by molar-refractivity contribution is 4.56. The molecule has 0 rings (SSSR count). The Morgan fingerprint density at radius 2 is 1.36 bits per heavy atom. The lowest BCUT2D eigenvalue weighted by Gasteiger charge is -2.04. The van der Waals surface area contributed by atoms with Gasteiger partial charge in [0, 0.05) is 25.6 Å². The van der Waals surface area contributed by atoms with Gasteiger partial charge in [0.1, 0.15) is 0 Å². The molecular weight excluding hydrogens is 186 g/mol. The lowest BCUT2D eigenvalue weighted by molar-refractivity contribution is 0.234. The minimum Gasteiger partial charge on any atom is -0.396 e. The van der Waals surface area contributed by atoms with E-state index >= 15 is 0 Å². The van der Waals surface area contributed by atoms with Crippen LogP contribution >= 0.6 is 0 Å². The van der Waals surface area contributed by atoms with Gasteiger partial charge in [-0.25, -0.2) is 0 Å². The quantitative estimate of drug-likeness (QED) is 0.249. The summed E-state index contributed by atoms with van der Waals surface area (Å²) in [5.74, 6) is 0.0972. The largest absolute Gasteiger partial charge is 0.396 e. The Morgan fingerprint density at radius 3 is 1.50 bits per heavy atom. The van der Waals surface area contributed by atoms with Gasteiger partial charge in [0.2, 0.25) is 0 Å². The Kier molecular flexibility index (Phi) is 17.6. The Labute approximate surface area is 84.9 Å². The molecule has 0 saturated heterocycles. The van der Waals surface area contributed by atoms with Crippen molar-refractivity contribution in [3.05, 3.63) is 0 Å². The zero-order valence-electron chi connectivity index (χ0n) is 8.52. The minimum absolute atomic E-state index is 0.0972. The van der Waals surface area contributed by atoms with Crippen LogP contribution < -0.4 is 16.8 Å². The van der Waals surface area contributed by atoms with Crippen LogP contribution in [0.4, 0.5) is 0 Å². The summed E-state index contributed by atoms with van der Waals surface area (Å²) in [5, 5.41) is 27.4. The number of nitrogens with one attached hydrogen (secondary N) is 1. The van der Waals surface area contributed by atoms with E-state index < -0.39 is 0 Å². The molecule has 0 spiro atoms. The number of rotatable bonds is 7. The highest BCUT2D eigenvalue weighted by Gasteiger charge is 1.97. The zero-order chi connectivity index (χ0) is 11.2. The molecule has 88 valence electrons. The Bertz CT molecular complexity index is 82.4. The molecule has 0 aromatic carbocycles. The van der Waals surface area contributed by atoms with E-state index in [0.717, 1.165) is 0 Å². The van der Waals surface area contributed by atoms with E-state index in [1.165, 1.54) is 0 Å². The van der Waals surface area contributed by atoms with Crippen LogP contribution in [-0.2, 0) is 0 Å². The van der Waals surface area contributed by atoms with Crippen molar-refractivity contribution in [2.75, 3.05) is 46.0 Å². The van der Waals surface area contributed by atoms with Gasteiger partial charge in [-0.2, -0.15) is 0 Å². The average Bonchev–Trinajstić information content (AvgIpc) is 2.22. The van der Waals surface area contributed by atoms with E-state index in [4.69, 9.17) is 26.8 Å². The van der Waals surface area contributed by atoms with Crippen molar-refractivity contribution in [3.63, 3.8) is 0 Å². The summed E-state index contributed by atoms with van der Waals surface area (Å²) < 4.78 is 0. The molecule has 0 atom stereocenters. The fourth-order valence-electron chi connectivity index (χ4n) is 0.528. The maximum Gasteiger partial charge on any atom is 0.0555 e. The van der Waals surface area contributed by atoms with Crippen molar-refractivity contribution in [1.82, 2.24) is 5.32 Å². The number of aliphatic hydroxyl groups excluding tert-OH is 3. The van der Waals surface area contributed by atoms with Crippen molar-refractivity contribution in [3.8, 4) is 0 Å². The normalized spacial score (nSPS) is 9.86. The van der Waals surface area contributed by atoms with Crippen LogP contribution in [-0.4, -0.2) is 61.3 Å². The fraction of sp³-hybridized carbons (Fsp3) is 1.00. The van der Waals surface area contributed by atoms with E-state index in [1.54, 1.807) is 0 Å². The van der Waals surface area contributed by atoms with Crippen LogP contribution in [0, 0.1) is 5.92 Å². The molecular formula is C8H23N3O3. The van der Waals surface area contributed by atoms with Gasteiger partial charge in [-0.3, -0.25) is 0 Å². The molecule has 0 saturated carbocycles. The Hall–Kier alpha value is -0.240. The molecule has 6 nitrogen and oxygen atoms in total. The molecule has 6 heteroatoms. The fourth-order valence-corrected chi connectivity index (χ4v) is 0.528. The second-order valence-corrected chi connectivity index (χ2v) is 2.72. The summed E-state index contributed by atoms with van der Waals surface area (Å²) >= 11 is 0. The van der Waals surface area contributed by atoms with E-state index in [0.29, 0.717) is 26.2 Å². The van der Waals surface area contributed by atoms with Gasteiger partial charge in [0.05, 0.1) is 13.2 Å². The molecule has 0 aliphatic carbocycles. The average molecular weight is 209 g/mol. The van der Waals surface area contributed by atoms with Crippen molar-refractivity contribution in [1.29, 1.82) is 0 Å². The van der Waals surface area contributed by atoms with Crippen LogP contribution in [0.2, 0.25) is 0 Å². The molecule has 0 heterocycles. The van der Waals surface area contributed by atoms with Gasteiger partial charge in [-0.1, -0.05) is 0 Å². The maximum atomic E-state index is 8.37. The van der Waals surface area contributed by atoms with Crippen LogP contribution in [0.5, 0.6) is 0 Å². The first-order valence-electron chi connectivity index (χ1n) is 4.70. The third-order valence-corrected chi connectivity index (χ3v) is 1.50. The summed E-state index contributed by atoms with van der Waals surface area (Å²) in [7, 11) is 0. The molecule has 0 amide bonds. The first-order chi connectivity index (χ1) is 6.76. The minimum atomic E-state index is 0.0972. The van der Waals surface area contributed by atoms with Crippen molar-refractivity contribution >= 4 is 0 Å². The molecule has 0 aromatic heterocycles. The summed E-state index contributed by atoms with van der Waals surface area (Å²) in [5.41, 5.74) is 10.3. The van der Waals surface area contributed by atoms with Crippen molar-refractivity contribution < 1.29 is 15.3 Å². The highest BCUT2D eigenvalue weighted by Crippen LogP contribution is 1.83. The van der Waals surface area contributed by atoms with Gasteiger partial charge in [0.15, 0.2) is 0 Å². The van der Waals surface area contributed by atoms with Crippen molar-refractivity contribution in [2.24, 2.45) is 17.4 Å². The molecule has 0 fully saturated rings. The monoisotopic (exact) mass is 209 g/mol. The van der Waals surface area contributed by atoms with E-state index in [-0.39, 0.29) is 25.7 Å². The first kappa shape index (κ1) is 16.2. The van der Waals surface area contributed by atoms with Crippen molar-refractivity contribution in [2.45, 2.75) is 0 Å². The van der Waals surface area contributed by atoms with Gasteiger partial charge in [-0.05, 0) is 13.1 Å². The number of hydrogen-bond acceptors (Lipinski definition) is 6. The second-order valence-electron chi connectivity index (χ2n) is 2.72. The lowest BCUT2D eigenvalue weighted by Crippen LogP contribution is -2.25. The summed E-state index contributed by atoms with van der Waals surface area (Å²) in [6.45, 7) is 2.48. The Morgan fingerprint density at radius 1 is 0.929 bits per heavy atom. The number of hydrogen-bond donors (Lipinski definition) is 6. The number of nitrogens with two attached hydrogens (primary N) is 2. The topological polar surface area (TPSA) is 125 Å². The zero-order valence-corrected chi connectivity index (χ0v) is 8.52. The third-order valence-electron chi connectivity index (χ3n) is 1.50. The number of aliphatic hydroxyl groups is 3.